The molecule has 0 bridgehead atoms. The van der Waals surface area contributed by atoms with E-state index in [0.717, 1.165) is 45.3 Å². The zero-order valence-corrected chi connectivity index (χ0v) is 13.0. The van der Waals surface area contributed by atoms with Crippen molar-refractivity contribution in [3.63, 3.8) is 0 Å². The van der Waals surface area contributed by atoms with Gasteiger partial charge in [-0.1, -0.05) is 6.42 Å². The second-order valence-corrected chi connectivity index (χ2v) is 8.34. The van der Waals surface area contributed by atoms with Crippen LogP contribution in [-0.2, 0) is 9.84 Å². The summed E-state index contributed by atoms with van der Waals surface area (Å²) in [4.78, 5) is 6.57. The van der Waals surface area contributed by atoms with E-state index < -0.39 is 15.1 Å². The minimum Gasteiger partial charge on any atom is -0.340 e. The number of nitrogens with one attached hydrogen (secondary N) is 1. The Balaban J connectivity index is 1.72. The third-order valence-electron chi connectivity index (χ3n) is 4.61. The quantitative estimate of drug-likeness (QED) is 0.847. The lowest BCUT2D eigenvalue weighted by Crippen LogP contribution is -2.36. The molecule has 8 heteroatoms. The molecule has 0 radical (unpaired) electrons. The molecule has 0 aromatic carbocycles. The van der Waals surface area contributed by atoms with Gasteiger partial charge in [0.2, 0.25) is 5.95 Å². The van der Waals surface area contributed by atoms with Crippen LogP contribution in [0.4, 0.5) is 5.95 Å². The first-order valence-corrected chi connectivity index (χ1v) is 9.40. The lowest BCUT2D eigenvalue weighted by atomic mass is 9.97. The van der Waals surface area contributed by atoms with Crippen molar-refractivity contribution < 1.29 is 8.42 Å². The summed E-state index contributed by atoms with van der Waals surface area (Å²) in [6.07, 6.45) is 4.42. The van der Waals surface area contributed by atoms with Gasteiger partial charge < -0.3 is 10.6 Å². The van der Waals surface area contributed by atoms with Gasteiger partial charge in [-0.15, -0.1) is 5.10 Å². The molecule has 2 aliphatic heterocycles. The average Bonchev–Trinajstić information content (AvgIpc) is 2.96. The first-order valence-electron chi connectivity index (χ1n) is 7.69. The monoisotopic (exact) mass is 313 g/mol. The Morgan fingerprint density at radius 1 is 1.24 bits per heavy atom. The first-order chi connectivity index (χ1) is 10.1. The van der Waals surface area contributed by atoms with Crippen LogP contribution in [0.5, 0.6) is 0 Å². The fraction of sp³-hybridized carbons (Fsp3) is 0.846. The molecular weight excluding hydrogens is 290 g/mol. The maximum Gasteiger partial charge on any atom is 0.244 e. The summed E-state index contributed by atoms with van der Waals surface area (Å²) in [6, 6.07) is 0. The number of nitrogens with two attached hydrogens (primary N) is 1. The lowest BCUT2D eigenvalue weighted by molar-refractivity contribution is 0.411. The normalized spacial score (nSPS) is 26.9. The highest BCUT2D eigenvalue weighted by Gasteiger charge is 2.33. The van der Waals surface area contributed by atoms with E-state index in [9.17, 15) is 8.42 Å². The number of H-pyrrole nitrogens is 1. The second kappa shape index (κ2) is 5.92. The largest absolute Gasteiger partial charge is 0.340 e. The molecule has 21 heavy (non-hydrogen) atoms. The molecule has 0 spiro atoms. The van der Waals surface area contributed by atoms with Crippen molar-refractivity contribution >= 4 is 15.8 Å². The van der Waals surface area contributed by atoms with Crippen LogP contribution in [0.2, 0.25) is 0 Å². The molecule has 118 valence electrons. The van der Waals surface area contributed by atoms with Crippen molar-refractivity contribution in [1.82, 2.24) is 15.2 Å². The van der Waals surface area contributed by atoms with Crippen LogP contribution in [-0.4, -0.2) is 49.0 Å². The number of nitrogens with zero attached hydrogens (tertiary/aromatic N) is 3. The number of aromatic amines is 1. The smallest absolute Gasteiger partial charge is 0.244 e. The minimum atomic E-state index is -3.08. The minimum absolute atomic E-state index is 0.260. The van der Waals surface area contributed by atoms with Crippen LogP contribution < -0.4 is 10.6 Å². The van der Waals surface area contributed by atoms with E-state index in [2.05, 4.69) is 20.1 Å². The van der Waals surface area contributed by atoms with Crippen molar-refractivity contribution in [3.05, 3.63) is 5.82 Å². The SMILES string of the molecule is NCC1CCN(c2n[nH]c(C3CCCCS3(=O)=O)n2)CC1. The van der Waals surface area contributed by atoms with E-state index in [1.165, 1.54) is 0 Å². The highest BCUT2D eigenvalue weighted by molar-refractivity contribution is 7.91. The average molecular weight is 313 g/mol. The predicted octanol–water partition coefficient (Wildman–Crippen LogP) is 0.620. The van der Waals surface area contributed by atoms with Gasteiger partial charge in [0.05, 0.1) is 5.75 Å². The van der Waals surface area contributed by atoms with Gasteiger partial charge in [0.15, 0.2) is 9.84 Å². The molecule has 3 rings (SSSR count). The zero-order chi connectivity index (χ0) is 14.9. The van der Waals surface area contributed by atoms with Crippen LogP contribution in [0.3, 0.4) is 0 Å². The maximum atomic E-state index is 12.1. The topological polar surface area (TPSA) is 105 Å². The van der Waals surface area contributed by atoms with Crippen LogP contribution in [0.15, 0.2) is 0 Å². The molecule has 0 aliphatic carbocycles. The molecule has 2 aliphatic rings. The molecule has 0 saturated carbocycles. The van der Waals surface area contributed by atoms with Gasteiger partial charge in [-0.05, 0) is 38.1 Å². The predicted molar refractivity (Wildman–Crippen MR) is 80.8 cm³/mol. The van der Waals surface area contributed by atoms with Gasteiger partial charge in [0, 0.05) is 13.1 Å². The van der Waals surface area contributed by atoms with Crippen molar-refractivity contribution in [2.75, 3.05) is 30.3 Å². The van der Waals surface area contributed by atoms with E-state index >= 15 is 0 Å². The molecule has 1 aromatic rings. The van der Waals surface area contributed by atoms with Crippen LogP contribution in [0, 0.1) is 5.92 Å². The Kier molecular flexibility index (Phi) is 4.17. The summed E-state index contributed by atoms with van der Waals surface area (Å²) in [5.74, 6) is 1.97. The molecule has 2 saturated heterocycles. The van der Waals surface area contributed by atoms with Crippen molar-refractivity contribution in [3.8, 4) is 0 Å². The van der Waals surface area contributed by atoms with Gasteiger partial charge in [0.25, 0.3) is 0 Å². The summed E-state index contributed by atoms with van der Waals surface area (Å²) in [7, 11) is -3.08. The van der Waals surface area contributed by atoms with Crippen molar-refractivity contribution in [2.45, 2.75) is 37.4 Å². The van der Waals surface area contributed by atoms with E-state index in [0.29, 0.717) is 24.1 Å². The molecule has 0 amide bonds. The van der Waals surface area contributed by atoms with Crippen LogP contribution >= 0.6 is 0 Å². The number of hydrogen-bond donors (Lipinski definition) is 2. The Morgan fingerprint density at radius 3 is 2.67 bits per heavy atom. The van der Waals surface area contributed by atoms with E-state index in [-0.39, 0.29) is 5.75 Å². The molecule has 1 atom stereocenters. The third-order valence-corrected chi connectivity index (χ3v) is 6.79. The number of rotatable bonds is 3. The molecule has 2 fully saturated rings. The summed E-state index contributed by atoms with van der Waals surface area (Å²) < 4.78 is 24.3. The van der Waals surface area contributed by atoms with Gasteiger partial charge in [-0.25, -0.2) is 8.42 Å². The van der Waals surface area contributed by atoms with Crippen LogP contribution in [0.1, 0.15) is 43.2 Å². The third kappa shape index (κ3) is 3.06. The molecule has 7 nitrogen and oxygen atoms in total. The Labute approximate surface area is 125 Å². The van der Waals surface area contributed by atoms with Gasteiger partial charge in [-0.3, -0.25) is 5.10 Å². The van der Waals surface area contributed by atoms with E-state index in [1.54, 1.807) is 0 Å². The van der Waals surface area contributed by atoms with Gasteiger partial charge in [0.1, 0.15) is 11.1 Å². The Bertz CT molecular complexity index is 577. The van der Waals surface area contributed by atoms with E-state index in [1.807, 2.05) is 0 Å². The Hall–Kier alpha value is -1.15. The fourth-order valence-electron chi connectivity index (χ4n) is 3.18. The molecule has 1 unspecified atom stereocenters. The molecule has 3 heterocycles. The number of anilines is 1. The number of piperidine rings is 1. The van der Waals surface area contributed by atoms with Gasteiger partial charge >= 0.3 is 0 Å². The van der Waals surface area contributed by atoms with Crippen molar-refractivity contribution in [1.29, 1.82) is 0 Å². The first kappa shape index (κ1) is 14.8. The Morgan fingerprint density at radius 2 is 2.00 bits per heavy atom. The maximum absolute atomic E-state index is 12.1. The fourth-order valence-corrected chi connectivity index (χ4v) is 5.04. The number of sulfone groups is 1. The number of aromatic nitrogens is 3. The second-order valence-electron chi connectivity index (χ2n) is 6.04. The van der Waals surface area contributed by atoms with Crippen LogP contribution in [0.25, 0.3) is 0 Å². The summed E-state index contributed by atoms with van der Waals surface area (Å²) in [5, 5.41) is 6.57. The number of hydrogen-bond acceptors (Lipinski definition) is 6. The van der Waals surface area contributed by atoms with Gasteiger partial charge in [-0.2, -0.15) is 4.98 Å². The lowest BCUT2D eigenvalue weighted by Gasteiger charge is -2.30. The zero-order valence-electron chi connectivity index (χ0n) is 12.2. The summed E-state index contributed by atoms with van der Waals surface area (Å²) in [5.41, 5.74) is 5.70. The summed E-state index contributed by atoms with van der Waals surface area (Å²) in [6.45, 7) is 2.50. The van der Waals surface area contributed by atoms with Crippen molar-refractivity contribution in [2.24, 2.45) is 11.7 Å². The van der Waals surface area contributed by atoms with E-state index in [4.69, 9.17) is 5.73 Å². The molecule has 3 N–H and O–H groups in total. The highest BCUT2D eigenvalue weighted by Crippen LogP contribution is 2.32. The standard InChI is InChI=1S/C13H23N5O2S/c14-9-10-4-6-18(7-5-10)13-15-12(16-17-13)11-3-1-2-8-21(11,19)20/h10-11H,1-9,14H2,(H,15,16,17). The molecular formula is C13H23N5O2S. The summed E-state index contributed by atoms with van der Waals surface area (Å²) >= 11 is 0. The molecule has 1 aromatic heterocycles. The highest BCUT2D eigenvalue weighted by atomic mass is 32.2.